The Hall–Kier alpha value is -0.680. The predicted octanol–water partition coefficient (Wildman–Crippen LogP) is 0.353. The molecule has 0 spiro atoms. The summed E-state index contributed by atoms with van der Waals surface area (Å²) in [7, 11) is 0. The van der Waals surface area contributed by atoms with E-state index in [0.717, 1.165) is 0 Å². The Morgan fingerprint density at radius 1 is 1.83 bits per heavy atom. The number of hydrogen-bond acceptors (Lipinski definition) is 3. The maximum Gasteiger partial charge on any atom is 0.267 e. The van der Waals surface area contributed by atoms with Gasteiger partial charge >= 0.3 is 0 Å². The zero-order chi connectivity index (χ0) is 9.14. The van der Waals surface area contributed by atoms with Crippen LogP contribution in [0.4, 0.5) is 0 Å². The Bertz CT molecular complexity index is 321. The number of hydrogen-bond donors (Lipinski definition) is 1. The molecule has 0 saturated heterocycles. The molecule has 4 nitrogen and oxygen atoms in total. The second kappa shape index (κ2) is 3.82. The van der Waals surface area contributed by atoms with Crippen molar-refractivity contribution >= 4 is 15.9 Å². The van der Waals surface area contributed by atoms with Gasteiger partial charge in [-0.25, -0.2) is 4.98 Å². The molecule has 1 aromatic heterocycles. The first-order valence-corrected chi connectivity index (χ1v) is 4.36. The van der Waals surface area contributed by atoms with E-state index in [4.69, 9.17) is 5.73 Å². The average molecular weight is 232 g/mol. The summed E-state index contributed by atoms with van der Waals surface area (Å²) in [5, 5.41) is 0. The molecule has 0 aromatic carbocycles. The highest BCUT2D eigenvalue weighted by Crippen LogP contribution is 1.98. The summed E-state index contributed by atoms with van der Waals surface area (Å²) in [5.41, 5.74) is 5.45. The summed E-state index contributed by atoms with van der Waals surface area (Å²) >= 11 is 3.10. The van der Waals surface area contributed by atoms with E-state index < -0.39 is 0 Å². The molecule has 0 saturated carbocycles. The largest absolute Gasteiger partial charge is 0.326 e. The van der Waals surface area contributed by atoms with Crippen molar-refractivity contribution in [1.29, 1.82) is 0 Å². The van der Waals surface area contributed by atoms with E-state index in [2.05, 4.69) is 20.9 Å². The third kappa shape index (κ3) is 2.15. The van der Waals surface area contributed by atoms with Crippen LogP contribution in [0.1, 0.15) is 6.92 Å². The predicted molar refractivity (Wildman–Crippen MR) is 49.8 cm³/mol. The minimum absolute atomic E-state index is 0.0428. The molecular formula is C7H10BrN3O. The highest BCUT2D eigenvalue weighted by molar-refractivity contribution is 9.10. The van der Waals surface area contributed by atoms with E-state index in [9.17, 15) is 4.79 Å². The highest BCUT2D eigenvalue weighted by Gasteiger charge is 2.01. The number of halogens is 1. The van der Waals surface area contributed by atoms with Crippen molar-refractivity contribution in [1.82, 2.24) is 9.55 Å². The van der Waals surface area contributed by atoms with E-state index in [-0.39, 0.29) is 11.6 Å². The third-order valence-electron chi connectivity index (χ3n) is 1.34. The summed E-state index contributed by atoms with van der Waals surface area (Å²) in [6.07, 6.45) is 2.95. The highest BCUT2D eigenvalue weighted by atomic mass is 79.9. The van der Waals surface area contributed by atoms with E-state index in [0.29, 0.717) is 11.0 Å². The molecule has 0 radical (unpaired) electrons. The van der Waals surface area contributed by atoms with Crippen molar-refractivity contribution in [2.24, 2.45) is 5.73 Å². The maximum atomic E-state index is 11.3. The van der Waals surface area contributed by atoms with Crippen molar-refractivity contribution in [2.75, 3.05) is 0 Å². The lowest BCUT2D eigenvalue weighted by Crippen LogP contribution is -2.30. The topological polar surface area (TPSA) is 60.9 Å². The van der Waals surface area contributed by atoms with E-state index in [1.165, 1.54) is 17.1 Å². The third-order valence-corrected chi connectivity index (χ3v) is 1.89. The van der Waals surface area contributed by atoms with Crippen LogP contribution in [0.2, 0.25) is 0 Å². The summed E-state index contributed by atoms with van der Waals surface area (Å²) < 4.78 is 1.94. The van der Waals surface area contributed by atoms with Crippen molar-refractivity contribution in [3.05, 3.63) is 27.4 Å². The van der Waals surface area contributed by atoms with Gasteiger partial charge in [-0.05, 0) is 22.9 Å². The summed E-state index contributed by atoms with van der Waals surface area (Å²) in [6, 6.07) is -0.0428. The van der Waals surface area contributed by atoms with Crippen LogP contribution >= 0.6 is 15.9 Å². The van der Waals surface area contributed by atoms with Gasteiger partial charge in [0.25, 0.3) is 5.56 Å². The van der Waals surface area contributed by atoms with E-state index in [1.807, 2.05) is 6.92 Å². The molecule has 5 heteroatoms. The minimum atomic E-state index is -0.0951. The van der Waals surface area contributed by atoms with Crippen molar-refractivity contribution < 1.29 is 0 Å². The van der Waals surface area contributed by atoms with Crippen LogP contribution in [-0.2, 0) is 6.54 Å². The molecule has 1 atom stereocenters. The van der Waals surface area contributed by atoms with Gasteiger partial charge < -0.3 is 5.73 Å². The fraction of sp³-hybridized carbons (Fsp3) is 0.429. The van der Waals surface area contributed by atoms with Crippen molar-refractivity contribution in [2.45, 2.75) is 19.5 Å². The van der Waals surface area contributed by atoms with Gasteiger partial charge in [-0.3, -0.25) is 9.36 Å². The normalized spacial score (nSPS) is 12.9. The molecular weight excluding hydrogens is 222 g/mol. The first-order chi connectivity index (χ1) is 5.61. The molecule has 2 N–H and O–H groups in total. The van der Waals surface area contributed by atoms with Gasteiger partial charge in [0.1, 0.15) is 4.47 Å². The first kappa shape index (κ1) is 9.41. The lowest BCUT2D eigenvalue weighted by Gasteiger charge is -2.07. The molecule has 0 aliphatic rings. The second-order valence-corrected chi connectivity index (χ2v) is 3.53. The molecule has 1 unspecified atom stereocenters. The van der Waals surface area contributed by atoms with Crippen LogP contribution in [0.15, 0.2) is 21.8 Å². The monoisotopic (exact) mass is 231 g/mol. The zero-order valence-corrected chi connectivity index (χ0v) is 8.28. The minimum Gasteiger partial charge on any atom is -0.326 e. The summed E-state index contributed by atoms with van der Waals surface area (Å²) in [5.74, 6) is 0. The SMILES string of the molecule is CC(N)Cn1cncc(Br)c1=O. The van der Waals surface area contributed by atoms with Gasteiger partial charge in [0.05, 0.1) is 6.33 Å². The van der Waals surface area contributed by atoms with Crippen LogP contribution in [0.25, 0.3) is 0 Å². The van der Waals surface area contributed by atoms with Gasteiger partial charge in [-0.2, -0.15) is 0 Å². The lowest BCUT2D eigenvalue weighted by atomic mass is 10.3. The Kier molecular flexibility index (Phi) is 2.99. The van der Waals surface area contributed by atoms with Crippen LogP contribution in [0, 0.1) is 0 Å². The van der Waals surface area contributed by atoms with Gasteiger partial charge in [-0.1, -0.05) is 0 Å². The molecule has 0 aliphatic heterocycles. The van der Waals surface area contributed by atoms with Gasteiger partial charge in [-0.15, -0.1) is 0 Å². The Labute approximate surface area is 78.5 Å². The number of nitrogens with zero attached hydrogens (tertiary/aromatic N) is 2. The fourth-order valence-electron chi connectivity index (χ4n) is 0.864. The smallest absolute Gasteiger partial charge is 0.267 e. The number of aromatic nitrogens is 2. The maximum absolute atomic E-state index is 11.3. The van der Waals surface area contributed by atoms with Gasteiger partial charge in [0, 0.05) is 18.8 Å². The average Bonchev–Trinajstić information content (AvgIpc) is 1.98. The molecule has 66 valence electrons. The van der Waals surface area contributed by atoms with Crippen LogP contribution in [0.5, 0.6) is 0 Å². The lowest BCUT2D eigenvalue weighted by molar-refractivity contribution is 0.564. The standard InChI is InChI=1S/C7H10BrN3O/c1-5(9)3-11-4-10-2-6(8)7(11)12/h2,4-5H,3,9H2,1H3. The van der Waals surface area contributed by atoms with Gasteiger partial charge in [0.2, 0.25) is 0 Å². The number of nitrogens with two attached hydrogens (primary N) is 1. The summed E-state index contributed by atoms with van der Waals surface area (Å²) in [4.78, 5) is 15.2. The van der Waals surface area contributed by atoms with Crippen LogP contribution in [-0.4, -0.2) is 15.6 Å². The van der Waals surface area contributed by atoms with E-state index in [1.54, 1.807) is 0 Å². The zero-order valence-electron chi connectivity index (χ0n) is 6.70. The van der Waals surface area contributed by atoms with Crippen molar-refractivity contribution in [3.63, 3.8) is 0 Å². The van der Waals surface area contributed by atoms with Crippen molar-refractivity contribution in [3.8, 4) is 0 Å². The molecule has 1 rings (SSSR count). The molecule has 1 heterocycles. The first-order valence-electron chi connectivity index (χ1n) is 3.57. The molecule has 1 aromatic rings. The molecule has 0 fully saturated rings. The Morgan fingerprint density at radius 2 is 2.50 bits per heavy atom. The van der Waals surface area contributed by atoms with Crippen LogP contribution < -0.4 is 11.3 Å². The fourth-order valence-corrected chi connectivity index (χ4v) is 1.21. The van der Waals surface area contributed by atoms with E-state index >= 15 is 0 Å². The molecule has 0 bridgehead atoms. The number of rotatable bonds is 2. The summed E-state index contributed by atoms with van der Waals surface area (Å²) in [6.45, 7) is 2.33. The Balaban J connectivity index is 3.01. The Morgan fingerprint density at radius 3 is 3.08 bits per heavy atom. The van der Waals surface area contributed by atoms with Crippen LogP contribution in [0.3, 0.4) is 0 Å². The molecule has 12 heavy (non-hydrogen) atoms. The quantitative estimate of drug-likeness (QED) is 0.800. The second-order valence-electron chi connectivity index (χ2n) is 2.68. The van der Waals surface area contributed by atoms with Gasteiger partial charge in [0.15, 0.2) is 0 Å². The molecule has 0 amide bonds. The molecule has 0 aliphatic carbocycles.